The van der Waals surface area contributed by atoms with Gasteiger partial charge in [-0.1, -0.05) is 12.1 Å². The third kappa shape index (κ3) is 6.15. The third-order valence-electron chi connectivity index (χ3n) is 5.53. The van der Waals surface area contributed by atoms with Gasteiger partial charge in [0.25, 0.3) is 0 Å². The molecule has 2 heterocycles. The molecule has 0 aliphatic carbocycles. The first-order valence-electron chi connectivity index (χ1n) is 11.1. The second kappa shape index (κ2) is 11.5. The van der Waals surface area contributed by atoms with Crippen molar-refractivity contribution in [3.05, 3.63) is 42.5 Å². The molecule has 7 nitrogen and oxygen atoms in total. The number of aromatic nitrogens is 2. The minimum atomic E-state index is 0.370. The topological polar surface area (TPSA) is 66.7 Å². The summed E-state index contributed by atoms with van der Waals surface area (Å²) in [5.74, 6) is 2.93. The molecule has 1 aliphatic rings. The summed E-state index contributed by atoms with van der Waals surface area (Å²) < 4.78 is 7.76. The molecular weight excluding hydrogens is 376 g/mol. The van der Waals surface area contributed by atoms with Gasteiger partial charge in [-0.3, -0.25) is 4.99 Å². The summed E-state index contributed by atoms with van der Waals surface area (Å²) in [4.78, 5) is 11.5. The van der Waals surface area contributed by atoms with Gasteiger partial charge in [0.2, 0.25) is 0 Å². The maximum absolute atomic E-state index is 5.56. The Kier molecular flexibility index (Phi) is 8.41. The average Bonchev–Trinajstić information content (AvgIpc) is 3.18. The van der Waals surface area contributed by atoms with E-state index in [1.165, 1.54) is 5.69 Å². The molecular formula is C23H36N6O. The molecule has 2 N–H and O–H groups in total. The summed E-state index contributed by atoms with van der Waals surface area (Å²) in [7, 11) is 1.74. The summed E-state index contributed by atoms with van der Waals surface area (Å²) in [5, 5.41) is 7.05. The number of aryl methyl sites for hydroxylation is 2. The molecule has 0 spiro atoms. The molecule has 2 aromatic rings. The highest BCUT2D eigenvalue weighted by molar-refractivity contribution is 5.80. The number of rotatable bonds is 9. The van der Waals surface area contributed by atoms with E-state index >= 15 is 0 Å². The number of imidazole rings is 1. The molecule has 30 heavy (non-hydrogen) atoms. The Morgan fingerprint density at radius 2 is 2.17 bits per heavy atom. The maximum Gasteiger partial charge on any atom is 0.191 e. The van der Waals surface area contributed by atoms with Crippen molar-refractivity contribution < 1.29 is 4.74 Å². The van der Waals surface area contributed by atoms with Crippen LogP contribution in [0.15, 0.2) is 41.7 Å². The van der Waals surface area contributed by atoms with Gasteiger partial charge in [0, 0.05) is 51.2 Å². The molecule has 0 radical (unpaired) electrons. The van der Waals surface area contributed by atoms with E-state index in [1.807, 2.05) is 31.5 Å². The van der Waals surface area contributed by atoms with Crippen LogP contribution >= 0.6 is 0 Å². The molecule has 1 aliphatic heterocycles. The predicted molar refractivity (Wildman–Crippen MR) is 124 cm³/mol. The van der Waals surface area contributed by atoms with Crippen LogP contribution in [-0.4, -0.2) is 54.8 Å². The van der Waals surface area contributed by atoms with E-state index in [2.05, 4.69) is 44.1 Å². The molecule has 164 valence electrons. The number of para-hydroxylation sites is 2. The van der Waals surface area contributed by atoms with Crippen molar-refractivity contribution in [3.63, 3.8) is 0 Å². The number of aliphatic imine (C=N–C) groups is 1. The molecule has 1 atom stereocenters. The lowest BCUT2D eigenvalue weighted by Gasteiger charge is -2.36. The second-order valence-electron chi connectivity index (χ2n) is 7.74. The Balaban J connectivity index is 1.50. The van der Waals surface area contributed by atoms with Gasteiger partial charge in [-0.2, -0.15) is 0 Å². The number of piperidine rings is 1. The Morgan fingerprint density at radius 1 is 1.30 bits per heavy atom. The first-order chi connectivity index (χ1) is 14.7. The molecule has 1 unspecified atom stereocenters. The van der Waals surface area contributed by atoms with Gasteiger partial charge in [-0.15, -0.1) is 0 Å². The van der Waals surface area contributed by atoms with Gasteiger partial charge in [0.05, 0.1) is 12.8 Å². The smallest absolute Gasteiger partial charge is 0.191 e. The maximum atomic E-state index is 5.56. The Hall–Kier alpha value is -2.70. The van der Waals surface area contributed by atoms with Crippen LogP contribution in [0.3, 0.4) is 0 Å². The van der Waals surface area contributed by atoms with E-state index in [0.29, 0.717) is 6.04 Å². The summed E-state index contributed by atoms with van der Waals surface area (Å²) in [6.07, 6.45) is 8.37. The van der Waals surface area contributed by atoms with Gasteiger partial charge in [-0.05, 0) is 51.7 Å². The van der Waals surface area contributed by atoms with Gasteiger partial charge >= 0.3 is 0 Å². The molecule has 7 heteroatoms. The van der Waals surface area contributed by atoms with Crippen molar-refractivity contribution in [1.82, 2.24) is 20.2 Å². The van der Waals surface area contributed by atoms with Crippen molar-refractivity contribution in [3.8, 4) is 5.75 Å². The van der Waals surface area contributed by atoms with Crippen LogP contribution in [-0.2, 0) is 6.54 Å². The van der Waals surface area contributed by atoms with Crippen LogP contribution < -0.4 is 20.3 Å². The quantitative estimate of drug-likeness (QED) is 0.376. The predicted octanol–water partition coefficient (Wildman–Crippen LogP) is 3.20. The fourth-order valence-electron chi connectivity index (χ4n) is 3.94. The van der Waals surface area contributed by atoms with E-state index < -0.39 is 0 Å². The lowest BCUT2D eigenvalue weighted by atomic mass is 10.0. The van der Waals surface area contributed by atoms with Crippen LogP contribution in [0.5, 0.6) is 5.75 Å². The van der Waals surface area contributed by atoms with Crippen LogP contribution in [0, 0.1) is 6.92 Å². The number of guanidine groups is 1. The first kappa shape index (κ1) is 22.0. The van der Waals surface area contributed by atoms with Gasteiger partial charge < -0.3 is 24.8 Å². The second-order valence-corrected chi connectivity index (χ2v) is 7.74. The molecule has 0 bridgehead atoms. The molecule has 1 fully saturated rings. The SMILES string of the molecule is CCNC(=NCCCCn1ccnc1C)NC1CCCN(c2ccccc2OC)C1. The average molecular weight is 413 g/mol. The van der Waals surface area contributed by atoms with Crippen LogP contribution in [0.4, 0.5) is 5.69 Å². The standard InChI is InChI=1S/C23H36N6O/c1-4-24-23(26-13-7-8-15-28-17-14-25-19(28)2)27-20-10-9-16-29(18-20)21-11-5-6-12-22(21)30-3/h5-6,11-12,14,17,20H,4,7-10,13,15-16,18H2,1-3H3,(H2,24,26,27). The number of nitrogens with one attached hydrogen (secondary N) is 2. The number of hydrogen-bond donors (Lipinski definition) is 2. The van der Waals surface area contributed by atoms with Crippen LogP contribution in [0.2, 0.25) is 0 Å². The highest BCUT2D eigenvalue weighted by Crippen LogP contribution is 2.29. The van der Waals surface area contributed by atoms with Gasteiger partial charge in [0.15, 0.2) is 5.96 Å². The van der Waals surface area contributed by atoms with Crippen molar-refractivity contribution in [2.45, 2.75) is 52.1 Å². The van der Waals surface area contributed by atoms with Crippen molar-refractivity contribution in [2.75, 3.05) is 38.2 Å². The van der Waals surface area contributed by atoms with E-state index in [-0.39, 0.29) is 0 Å². The van der Waals surface area contributed by atoms with E-state index in [0.717, 1.165) is 75.9 Å². The zero-order valence-electron chi connectivity index (χ0n) is 18.6. The molecule has 1 aromatic carbocycles. The highest BCUT2D eigenvalue weighted by Gasteiger charge is 2.22. The molecule has 0 amide bonds. The largest absolute Gasteiger partial charge is 0.495 e. The lowest BCUT2D eigenvalue weighted by molar-refractivity contribution is 0.408. The molecule has 3 rings (SSSR count). The summed E-state index contributed by atoms with van der Waals surface area (Å²) >= 11 is 0. The van der Waals surface area contributed by atoms with Crippen LogP contribution in [0.1, 0.15) is 38.4 Å². The minimum absolute atomic E-state index is 0.370. The van der Waals surface area contributed by atoms with Crippen LogP contribution in [0.25, 0.3) is 0 Å². The lowest BCUT2D eigenvalue weighted by Crippen LogP contribution is -2.51. The fourth-order valence-corrected chi connectivity index (χ4v) is 3.94. The molecule has 1 aromatic heterocycles. The Bertz CT molecular complexity index is 802. The summed E-state index contributed by atoms with van der Waals surface area (Å²) in [6.45, 7) is 8.85. The Morgan fingerprint density at radius 3 is 2.93 bits per heavy atom. The zero-order chi connectivity index (χ0) is 21.2. The number of nitrogens with zero attached hydrogens (tertiary/aromatic N) is 4. The number of unbranched alkanes of at least 4 members (excludes halogenated alkanes) is 1. The van der Waals surface area contributed by atoms with Gasteiger partial charge in [0.1, 0.15) is 11.6 Å². The van der Waals surface area contributed by atoms with E-state index in [9.17, 15) is 0 Å². The Labute approximate surface area is 180 Å². The van der Waals surface area contributed by atoms with Crippen molar-refractivity contribution >= 4 is 11.6 Å². The zero-order valence-corrected chi connectivity index (χ0v) is 18.6. The van der Waals surface area contributed by atoms with Crippen molar-refractivity contribution in [2.24, 2.45) is 4.99 Å². The normalized spacial score (nSPS) is 17.1. The first-order valence-corrected chi connectivity index (χ1v) is 11.1. The third-order valence-corrected chi connectivity index (χ3v) is 5.53. The fraction of sp³-hybridized carbons (Fsp3) is 0.565. The van der Waals surface area contributed by atoms with Gasteiger partial charge in [-0.25, -0.2) is 4.98 Å². The summed E-state index contributed by atoms with van der Waals surface area (Å²) in [5.41, 5.74) is 1.17. The molecule has 0 saturated carbocycles. The summed E-state index contributed by atoms with van der Waals surface area (Å²) in [6, 6.07) is 8.64. The monoisotopic (exact) mass is 412 g/mol. The number of anilines is 1. The van der Waals surface area contributed by atoms with E-state index in [1.54, 1.807) is 7.11 Å². The number of benzene rings is 1. The van der Waals surface area contributed by atoms with Crippen molar-refractivity contribution in [1.29, 1.82) is 0 Å². The molecule has 1 saturated heterocycles. The number of ether oxygens (including phenoxy) is 1. The highest BCUT2D eigenvalue weighted by atomic mass is 16.5. The minimum Gasteiger partial charge on any atom is -0.495 e. The van der Waals surface area contributed by atoms with E-state index in [4.69, 9.17) is 9.73 Å². The number of methoxy groups -OCH3 is 1. The number of hydrogen-bond acceptors (Lipinski definition) is 4.